The summed E-state index contributed by atoms with van der Waals surface area (Å²) < 4.78 is 0. The van der Waals surface area contributed by atoms with Gasteiger partial charge in [0, 0.05) is 10.9 Å². The second-order valence-electron chi connectivity index (χ2n) is 4.30. The van der Waals surface area contributed by atoms with Crippen molar-refractivity contribution in [3.05, 3.63) is 83.9 Å². The predicted octanol–water partition coefficient (Wildman–Crippen LogP) is 5.11. The molecule has 0 aliphatic carbocycles. The Hall–Kier alpha value is -1.90. The maximum Gasteiger partial charge on any atom is 0.0528 e. The van der Waals surface area contributed by atoms with Crippen LogP contribution in [0, 0.1) is 0 Å². The van der Waals surface area contributed by atoms with Crippen molar-refractivity contribution in [2.45, 2.75) is 0 Å². The van der Waals surface area contributed by atoms with Gasteiger partial charge in [-0.05, 0) is 22.3 Å². The smallest absolute Gasteiger partial charge is 0.0528 e. The van der Waals surface area contributed by atoms with Gasteiger partial charge in [-0.15, -0.1) is 0 Å². The van der Waals surface area contributed by atoms with Crippen LogP contribution in [0.2, 0.25) is 0 Å². The number of rotatable bonds is 5. The SMILES string of the molecule is C=Cc1ccccc1C(=S)C(=C)c1ccccc1C=S. The number of thiocarbonyl (C=S) groups is 2. The van der Waals surface area contributed by atoms with Crippen LogP contribution in [0.5, 0.6) is 0 Å². The molecule has 0 nitrogen and oxygen atoms in total. The fraction of sp³-hybridized carbons (Fsp3) is 0. The number of benzene rings is 2. The molecule has 0 amide bonds. The van der Waals surface area contributed by atoms with E-state index in [9.17, 15) is 0 Å². The van der Waals surface area contributed by atoms with E-state index in [1.165, 1.54) is 0 Å². The second kappa shape index (κ2) is 6.51. The fourth-order valence-corrected chi connectivity index (χ4v) is 2.54. The van der Waals surface area contributed by atoms with E-state index < -0.39 is 0 Å². The summed E-state index contributed by atoms with van der Waals surface area (Å²) in [5.41, 5.74) is 4.74. The lowest BCUT2D eigenvalue weighted by Crippen LogP contribution is -2.04. The van der Waals surface area contributed by atoms with Crippen LogP contribution < -0.4 is 0 Å². The molecule has 0 atom stereocenters. The Bertz CT molecular complexity index is 635. The van der Waals surface area contributed by atoms with Crippen LogP contribution >= 0.6 is 24.4 Å². The van der Waals surface area contributed by atoms with Gasteiger partial charge in [0.2, 0.25) is 0 Å². The molecule has 0 aromatic heterocycles. The molecule has 0 fully saturated rings. The summed E-state index contributed by atoms with van der Waals surface area (Å²) in [7, 11) is 0. The lowest BCUT2D eigenvalue weighted by molar-refractivity contribution is 1.60. The molecule has 0 spiro atoms. The molecule has 0 radical (unpaired) electrons. The third-order valence-corrected chi connectivity index (χ3v) is 3.83. The summed E-state index contributed by atoms with van der Waals surface area (Å²) >= 11 is 10.6. The molecule has 0 heterocycles. The molecule has 2 aromatic carbocycles. The van der Waals surface area contributed by atoms with Crippen molar-refractivity contribution < 1.29 is 0 Å². The van der Waals surface area contributed by atoms with E-state index in [-0.39, 0.29) is 0 Å². The number of allylic oxidation sites excluding steroid dienone is 1. The van der Waals surface area contributed by atoms with Crippen molar-refractivity contribution in [3.8, 4) is 0 Å². The van der Waals surface area contributed by atoms with Crippen molar-refractivity contribution in [2.75, 3.05) is 0 Å². The first-order valence-electron chi connectivity index (χ1n) is 6.18. The molecule has 0 N–H and O–H groups in total. The third-order valence-electron chi connectivity index (χ3n) is 3.11. The van der Waals surface area contributed by atoms with Crippen LogP contribution in [0.1, 0.15) is 22.3 Å². The van der Waals surface area contributed by atoms with E-state index in [2.05, 4.69) is 13.2 Å². The normalized spacial score (nSPS) is 9.80. The van der Waals surface area contributed by atoms with Gasteiger partial charge in [0.25, 0.3) is 0 Å². The van der Waals surface area contributed by atoms with Gasteiger partial charge in [0.15, 0.2) is 0 Å². The molecular formula is C18H14S2. The molecule has 0 unspecified atom stereocenters. The average Bonchev–Trinajstić information content (AvgIpc) is 2.53. The van der Waals surface area contributed by atoms with Crippen LogP contribution in [0.15, 0.2) is 61.7 Å². The third kappa shape index (κ3) is 2.82. The van der Waals surface area contributed by atoms with Crippen molar-refractivity contribution in [1.29, 1.82) is 0 Å². The highest BCUT2D eigenvalue weighted by Gasteiger charge is 2.12. The van der Waals surface area contributed by atoms with Crippen molar-refractivity contribution in [3.63, 3.8) is 0 Å². The zero-order valence-electron chi connectivity index (χ0n) is 11.0. The predicted molar refractivity (Wildman–Crippen MR) is 96.5 cm³/mol. The van der Waals surface area contributed by atoms with Gasteiger partial charge in [-0.3, -0.25) is 0 Å². The standard InChI is InChI=1S/C18H14S2/c1-3-14-8-4-7-11-17(14)18(20)13(2)16-10-6-5-9-15(16)12-19/h3-12H,1-2H2. The molecule has 0 bridgehead atoms. The summed E-state index contributed by atoms with van der Waals surface area (Å²) in [4.78, 5) is 0.727. The highest BCUT2D eigenvalue weighted by Crippen LogP contribution is 2.24. The second-order valence-corrected chi connectivity index (χ2v) is 4.95. The van der Waals surface area contributed by atoms with Crippen LogP contribution in [0.4, 0.5) is 0 Å². The molecule has 98 valence electrons. The largest absolute Gasteiger partial charge is 0.0984 e. The summed E-state index contributed by atoms with van der Waals surface area (Å²) in [6.45, 7) is 7.97. The van der Waals surface area contributed by atoms with Gasteiger partial charge < -0.3 is 0 Å². The summed E-state index contributed by atoms with van der Waals surface area (Å²) in [6, 6.07) is 15.8. The summed E-state index contributed by atoms with van der Waals surface area (Å²) in [5.74, 6) is 0. The van der Waals surface area contributed by atoms with Gasteiger partial charge in [-0.25, -0.2) is 0 Å². The van der Waals surface area contributed by atoms with Gasteiger partial charge >= 0.3 is 0 Å². The summed E-state index contributed by atoms with van der Waals surface area (Å²) in [5, 5.41) is 1.66. The molecule has 2 rings (SSSR count). The van der Waals surface area contributed by atoms with E-state index in [4.69, 9.17) is 24.4 Å². The molecular weight excluding hydrogens is 280 g/mol. The number of hydrogen-bond acceptors (Lipinski definition) is 2. The molecule has 2 aromatic rings. The molecule has 20 heavy (non-hydrogen) atoms. The lowest BCUT2D eigenvalue weighted by Gasteiger charge is -2.12. The molecule has 0 aliphatic heterocycles. The monoisotopic (exact) mass is 294 g/mol. The molecule has 0 saturated heterocycles. The van der Waals surface area contributed by atoms with Gasteiger partial charge in [-0.2, -0.15) is 0 Å². The number of hydrogen-bond donors (Lipinski definition) is 0. The minimum atomic E-state index is 0.727. The fourth-order valence-electron chi connectivity index (χ4n) is 2.04. The van der Waals surface area contributed by atoms with E-state index in [0.29, 0.717) is 0 Å². The highest BCUT2D eigenvalue weighted by atomic mass is 32.1. The molecule has 0 aliphatic rings. The highest BCUT2D eigenvalue weighted by molar-refractivity contribution is 7.82. The Balaban J connectivity index is 2.46. The van der Waals surface area contributed by atoms with E-state index in [1.54, 1.807) is 11.4 Å². The van der Waals surface area contributed by atoms with E-state index >= 15 is 0 Å². The minimum absolute atomic E-state index is 0.727. The zero-order valence-corrected chi connectivity index (χ0v) is 12.6. The van der Waals surface area contributed by atoms with E-state index in [0.717, 1.165) is 32.7 Å². The van der Waals surface area contributed by atoms with E-state index in [1.807, 2.05) is 48.5 Å². The Morgan fingerprint density at radius 1 is 0.900 bits per heavy atom. The Morgan fingerprint density at radius 2 is 1.45 bits per heavy atom. The van der Waals surface area contributed by atoms with Crippen LogP contribution in [-0.2, 0) is 0 Å². The first kappa shape index (κ1) is 14.5. The van der Waals surface area contributed by atoms with Gasteiger partial charge in [-0.1, -0.05) is 92.2 Å². The lowest BCUT2D eigenvalue weighted by atomic mass is 9.93. The summed E-state index contributed by atoms with van der Waals surface area (Å²) in [6.07, 6.45) is 1.81. The van der Waals surface area contributed by atoms with Crippen LogP contribution in [0.3, 0.4) is 0 Å². The van der Waals surface area contributed by atoms with Gasteiger partial charge in [0.05, 0.1) is 4.86 Å². The van der Waals surface area contributed by atoms with Crippen molar-refractivity contribution >= 4 is 46.3 Å². The van der Waals surface area contributed by atoms with Crippen molar-refractivity contribution in [1.82, 2.24) is 0 Å². The maximum atomic E-state index is 5.59. The molecule has 0 saturated carbocycles. The zero-order chi connectivity index (χ0) is 14.5. The van der Waals surface area contributed by atoms with Crippen LogP contribution in [-0.4, -0.2) is 10.2 Å². The van der Waals surface area contributed by atoms with Crippen LogP contribution in [0.25, 0.3) is 11.6 Å². The Kier molecular flexibility index (Phi) is 4.72. The van der Waals surface area contributed by atoms with Gasteiger partial charge in [0.1, 0.15) is 0 Å². The minimum Gasteiger partial charge on any atom is -0.0984 e. The average molecular weight is 294 g/mol. The molecule has 2 heteroatoms. The topological polar surface area (TPSA) is 0 Å². The first-order chi connectivity index (χ1) is 9.69. The Labute approximate surface area is 130 Å². The maximum absolute atomic E-state index is 5.59. The van der Waals surface area contributed by atoms with Crippen molar-refractivity contribution in [2.24, 2.45) is 0 Å². The Morgan fingerprint density at radius 3 is 2.05 bits per heavy atom. The quantitative estimate of drug-likeness (QED) is 0.427. The first-order valence-corrected chi connectivity index (χ1v) is 7.06.